The molecule has 0 aliphatic rings. The molecule has 0 radical (unpaired) electrons. The summed E-state index contributed by atoms with van der Waals surface area (Å²) in [7, 11) is 1.36. The number of carbonyl (C=O) groups is 2. The van der Waals surface area contributed by atoms with Gasteiger partial charge in [-0.3, -0.25) is 9.59 Å². The van der Waals surface area contributed by atoms with Gasteiger partial charge in [-0.25, -0.2) is 4.39 Å². The highest BCUT2D eigenvalue weighted by Gasteiger charge is 2.01. The fourth-order valence-corrected chi connectivity index (χ4v) is 2.13. The number of carbonyl (C=O) groups excluding carboxylic acids is 2. The van der Waals surface area contributed by atoms with Crippen molar-refractivity contribution in [2.75, 3.05) is 13.7 Å². The molecule has 1 aromatic carbocycles. The van der Waals surface area contributed by atoms with Crippen LogP contribution in [0.2, 0.25) is 0 Å². The molecule has 0 aliphatic carbocycles. The lowest BCUT2D eigenvalue weighted by Gasteiger charge is -2.02. The summed E-state index contributed by atoms with van der Waals surface area (Å²) in [6.45, 7) is 0.519. The van der Waals surface area contributed by atoms with Crippen molar-refractivity contribution in [2.45, 2.75) is 25.7 Å². The molecule has 0 unspecified atom stereocenters. The predicted molar refractivity (Wildman–Crippen MR) is 86.6 cm³/mol. The van der Waals surface area contributed by atoms with Crippen LogP contribution in [0, 0.1) is 5.82 Å². The molecule has 0 saturated carbocycles. The number of unbranched alkanes of at least 4 members (excludes halogenated alkanes) is 2. The van der Waals surface area contributed by atoms with E-state index in [0.29, 0.717) is 18.5 Å². The number of benzene rings is 1. The summed E-state index contributed by atoms with van der Waals surface area (Å²) in [5.41, 5.74) is 0.350. The van der Waals surface area contributed by atoms with E-state index >= 15 is 0 Å². The molecular formula is C16H19BrFNO3. The fraction of sp³-hybridized carbons (Fsp3) is 0.375. The number of nitrogens with one attached hydrogen (secondary N) is 1. The summed E-state index contributed by atoms with van der Waals surface area (Å²) >= 11 is 3.25. The van der Waals surface area contributed by atoms with Gasteiger partial charge in [0.1, 0.15) is 5.82 Å². The van der Waals surface area contributed by atoms with Crippen LogP contribution in [0.1, 0.15) is 31.2 Å². The van der Waals surface area contributed by atoms with Gasteiger partial charge >= 0.3 is 5.97 Å². The van der Waals surface area contributed by atoms with E-state index in [4.69, 9.17) is 0 Å². The molecular weight excluding hydrogens is 353 g/mol. The lowest BCUT2D eigenvalue weighted by atomic mass is 10.2. The van der Waals surface area contributed by atoms with Crippen molar-refractivity contribution in [2.24, 2.45) is 0 Å². The van der Waals surface area contributed by atoms with Gasteiger partial charge in [-0.05, 0) is 37.1 Å². The summed E-state index contributed by atoms with van der Waals surface area (Å²) in [5.74, 6) is -0.870. The first kappa shape index (κ1) is 18.4. The minimum atomic E-state index is -0.380. The van der Waals surface area contributed by atoms with Crippen LogP contribution in [0.15, 0.2) is 28.7 Å². The first-order valence-electron chi connectivity index (χ1n) is 7.00. The monoisotopic (exact) mass is 371 g/mol. The first-order valence-corrected chi connectivity index (χ1v) is 7.80. The zero-order chi connectivity index (χ0) is 16.4. The second kappa shape index (κ2) is 10.1. The Morgan fingerprint density at radius 3 is 2.82 bits per heavy atom. The lowest BCUT2D eigenvalue weighted by molar-refractivity contribution is -0.140. The van der Waals surface area contributed by atoms with Crippen LogP contribution in [0.25, 0.3) is 6.08 Å². The highest BCUT2D eigenvalue weighted by atomic mass is 79.9. The maximum atomic E-state index is 13.5. The van der Waals surface area contributed by atoms with Gasteiger partial charge < -0.3 is 10.1 Å². The van der Waals surface area contributed by atoms with Gasteiger partial charge in [-0.2, -0.15) is 0 Å². The molecule has 0 heterocycles. The molecule has 22 heavy (non-hydrogen) atoms. The molecule has 0 aliphatic heterocycles. The normalized spacial score (nSPS) is 10.7. The third kappa shape index (κ3) is 7.36. The molecule has 0 fully saturated rings. The topological polar surface area (TPSA) is 55.4 Å². The van der Waals surface area contributed by atoms with E-state index in [1.165, 1.54) is 25.3 Å². The molecule has 0 atom stereocenters. The maximum absolute atomic E-state index is 13.5. The zero-order valence-electron chi connectivity index (χ0n) is 12.4. The van der Waals surface area contributed by atoms with Crippen molar-refractivity contribution in [3.05, 3.63) is 40.1 Å². The summed E-state index contributed by atoms with van der Waals surface area (Å²) < 4.78 is 18.7. The average molecular weight is 372 g/mol. The largest absolute Gasteiger partial charge is 0.469 e. The quantitative estimate of drug-likeness (QED) is 0.432. The van der Waals surface area contributed by atoms with E-state index in [1.54, 1.807) is 12.1 Å². The standard InChI is InChI=1S/C16H19BrFNO3/c1-22-16(21)5-3-2-4-10-19-15(20)9-6-12-11-13(17)7-8-14(12)18/h6-9,11H,2-5,10H2,1H3,(H,19,20)/b9-6+. The van der Waals surface area contributed by atoms with E-state index in [1.807, 2.05) is 0 Å². The van der Waals surface area contributed by atoms with Crippen molar-refractivity contribution in [1.82, 2.24) is 5.32 Å². The highest BCUT2D eigenvalue weighted by molar-refractivity contribution is 9.10. The van der Waals surface area contributed by atoms with Crippen LogP contribution in [0.4, 0.5) is 4.39 Å². The third-order valence-electron chi connectivity index (χ3n) is 2.96. The van der Waals surface area contributed by atoms with Gasteiger partial charge in [0.05, 0.1) is 7.11 Å². The average Bonchev–Trinajstić information content (AvgIpc) is 2.51. The molecule has 1 aromatic rings. The number of hydrogen-bond acceptors (Lipinski definition) is 3. The van der Waals surface area contributed by atoms with Crippen molar-refractivity contribution >= 4 is 33.9 Å². The second-order valence-corrected chi connectivity index (χ2v) is 5.59. The Hall–Kier alpha value is -1.69. The molecule has 0 spiro atoms. The highest BCUT2D eigenvalue weighted by Crippen LogP contribution is 2.16. The molecule has 1 N–H and O–H groups in total. The Morgan fingerprint density at radius 2 is 2.09 bits per heavy atom. The van der Waals surface area contributed by atoms with Gasteiger partial charge in [-0.15, -0.1) is 0 Å². The summed E-state index contributed by atoms with van der Waals surface area (Å²) in [5, 5.41) is 2.71. The second-order valence-electron chi connectivity index (χ2n) is 4.68. The molecule has 1 rings (SSSR count). The number of esters is 1. The smallest absolute Gasteiger partial charge is 0.305 e. The van der Waals surface area contributed by atoms with Crippen LogP contribution in [-0.2, 0) is 14.3 Å². The van der Waals surface area contributed by atoms with E-state index in [9.17, 15) is 14.0 Å². The van der Waals surface area contributed by atoms with Crippen LogP contribution in [0.5, 0.6) is 0 Å². The van der Waals surface area contributed by atoms with Crippen LogP contribution in [0.3, 0.4) is 0 Å². The Labute approximate surface area is 137 Å². The van der Waals surface area contributed by atoms with Gasteiger partial charge in [0.2, 0.25) is 5.91 Å². The van der Waals surface area contributed by atoms with E-state index in [2.05, 4.69) is 26.0 Å². The Morgan fingerprint density at radius 1 is 1.32 bits per heavy atom. The van der Waals surface area contributed by atoms with Crippen molar-refractivity contribution < 1.29 is 18.7 Å². The molecule has 1 amide bonds. The van der Waals surface area contributed by atoms with E-state index < -0.39 is 0 Å². The summed E-state index contributed by atoms with van der Waals surface area (Å²) in [4.78, 5) is 22.5. The molecule has 0 saturated heterocycles. The number of ether oxygens (including phenoxy) is 1. The molecule has 0 aromatic heterocycles. The van der Waals surface area contributed by atoms with Crippen LogP contribution < -0.4 is 5.32 Å². The van der Waals surface area contributed by atoms with Gasteiger partial charge in [0.25, 0.3) is 0 Å². The number of halogens is 2. The predicted octanol–water partition coefficient (Wildman–Crippen LogP) is 3.45. The van der Waals surface area contributed by atoms with Crippen molar-refractivity contribution in [3.8, 4) is 0 Å². The Balaban J connectivity index is 2.24. The number of methoxy groups -OCH3 is 1. The molecule has 120 valence electrons. The van der Waals surface area contributed by atoms with E-state index in [0.717, 1.165) is 23.7 Å². The Bertz CT molecular complexity index is 546. The van der Waals surface area contributed by atoms with Crippen LogP contribution >= 0.6 is 15.9 Å². The third-order valence-corrected chi connectivity index (χ3v) is 3.45. The number of amides is 1. The molecule has 4 nitrogen and oxygen atoms in total. The van der Waals surface area contributed by atoms with Gasteiger partial charge in [-0.1, -0.05) is 22.4 Å². The van der Waals surface area contributed by atoms with Gasteiger partial charge in [0.15, 0.2) is 0 Å². The van der Waals surface area contributed by atoms with Crippen molar-refractivity contribution in [1.29, 1.82) is 0 Å². The van der Waals surface area contributed by atoms with E-state index in [-0.39, 0.29) is 17.7 Å². The molecule has 0 bridgehead atoms. The van der Waals surface area contributed by atoms with Gasteiger partial charge in [0, 0.05) is 29.1 Å². The minimum absolute atomic E-state index is 0.219. The fourth-order valence-electron chi connectivity index (χ4n) is 1.75. The number of rotatable bonds is 8. The maximum Gasteiger partial charge on any atom is 0.305 e. The Kier molecular flexibility index (Phi) is 8.43. The first-order chi connectivity index (χ1) is 10.5. The summed E-state index contributed by atoms with van der Waals surface area (Å²) in [6, 6.07) is 4.54. The summed E-state index contributed by atoms with van der Waals surface area (Å²) in [6.07, 6.45) is 5.49. The molecule has 6 heteroatoms. The lowest BCUT2D eigenvalue weighted by Crippen LogP contribution is -2.22. The minimum Gasteiger partial charge on any atom is -0.469 e. The van der Waals surface area contributed by atoms with Crippen molar-refractivity contribution in [3.63, 3.8) is 0 Å². The SMILES string of the molecule is COC(=O)CCCCCNC(=O)/C=C/c1cc(Br)ccc1F. The zero-order valence-corrected chi connectivity index (χ0v) is 14.0. The number of hydrogen-bond donors (Lipinski definition) is 1. The van der Waals surface area contributed by atoms with Crippen LogP contribution in [-0.4, -0.2) is 25.5 Å².